The average Bonchev–Trinajstić information content (AvgIpc) is 3.00. The molecular formula is C38H33NO3. The van der Waals surface area contributed by atoms with Crippen molar-refractivity contribution in [1.29, 1.82) is 0 Å². The Bertz CT molecular complexity index is 1850. The van der Waals surface area contributed by atoms with E-state index >= 15 is 0 Å². The van der Waals surface area contributed by atoms with Crippen molar-refractivity contribution in [3.8, 4) is 11.1 Å². The summed E-state index contributed by atoms with van der Waals surface area (Å²) in [6.07, 6.45) is -0.540. The lowest BCUT2D eigenvalue weighted by molar-refractivity contribution is 0.0636. The van der Waals surface area contributed by atoms with Crippen molar-refractivity contribution in [3.63, 3.8) is 0 Å². The number of anilines is 1. The van der Waals surface area contributed by atoms with E-state index in [9.17, 15) is 9.90 Å². The highest BCUT2D eigenvalue weighted by molar-refractivity contribution is 6.12. The standard InChI is InChI=1S/C38H33NO3/c1-37(2,3)42-36(40)39-33-25-23-27-15-11-13-21-31(27)35(33)34-30-20-12-10-14-26(30)22-24-32(34)38(41,28-16-6-4-7-17-28)29-18-8-5-9-19-29/h4-25,41H,1-3H3,(H,39,40). The van der Waals surface area contributed by atoms with Crippen molar-refractivity contribution in [2.45, 2.75) is 32.0 Å². The van der Waals surface area contributed by atoms with Crippen LogP contribution in [0.4, 0.5) is 10.5 Å². The highest BCUT2D eigenvalue weighted by atomic mass is 16.6. The van der Waals surface area contributed by atoms with E-state index in [-0.39, 0.29) is 0 Å². The SMILES string of the molecule is CC(C)(C)OC(=O)Nc1ccc2ccccc2c1-c1c(C(O)(c2ccccc2)c2ccccc2)ccc2ccccc12. The number of hydrogen-bond acceptors (Lipinski definition) is 3. The van der Waals surface area contributed by atoms with Crippen LogP contribution in [0.2, 0.25) is 0 Å². The lowest BCUT2D eigenvalue weighted by Crippen LogP contribution is -2.30. The Balaban J connectivity index is 1.73. The predicted octanol–water partition coefficient (Wildman–Crippen LogP) is 9.29. The molecule has 0 aliphatic heterocycles. The molecule has 0 aliphatic carbocycles. The van der Waals surface area contributed by atoms with Gasteiger partial charge in [0.1, 0.15) is 11.2 Å². The molecule has 6 rings (SSSR count). The van der Waals surface area contributed by atoms with Crippen molar-refractivity contribution in [2.24, 2.45) is 0 Å². The van der Waals surface area contributed by atoms with Gasteiger partial charge in [-0.05, 0) is 65.1 Å². The monoisotopic (exact) mass is 551 g/mol. The molecule has 1 amide bonds. The van der Waals surface area contributed by atoms with Gasteiger partial charge in [-0.15, -0.1) is 0 Å². The molecule has 0 radical (unpaired) electrons. The molecule has 6 aromatic rings. The molecule has 4 heteroatoms. The zero-order chi connectivity index (χ0) is 29.3. The fourth-order valence-corrected chi connectivity index (χ4v) is 5.74. The molecule has 0 atom stereocenters. The van der Waals surface area contributed by atoms with E-state index in [1.807, 2.05) is 124 Å². The topological polar surface area (TPSA) is 58.6 Å². The number of benzene rings is 6. The van der Waals surface area contributed by atoms with Crippen LogP contribution in [0.15, 0.2) is 133 Å². The van der Waals surface area contributed by atoms with Gasteiger partial charge in [-0.1, -0.05) is 127 Å². The Kier molecular flexibility index (Phi) is 7.01. The Morgan fingerprint density at radius 1 is 0.595 bits per heavy atom. The molecule has 0 spiro atoms. The van der Waals surface area contributed by atoms with Gasteiger partial charge in [0.15, 0.2) is 0 Å². The van der Waals surface area contributed by atoms with Gasteiger partial charge in [0.05, 0.1) is 5.69 Å². The largest absolute Gasteiger partial charge is 0.444 e. The van der Waals surface area contributed by atoms with Gasteiger partial charge in [-0.2, -0.15) is 0 Å². The number of aliphatic hydroxyl groups is 1. The summed E-state index contributed by atoms with van der Waals surface area (Å²) in [7, 11) is 0. The minimum Gasteiger partial charge on any atom is -0.444 e. The zero-order valence-electron chi connectivity index (χ0n) is 24.0. The van der Waals surface area contributed by atoms with Crippen molar-refractivity contribution in [3.05, 3.63) is 150 Å². The first-order valence-electron chi connectivity index (χ1n) is 14.1. The molecule has 0 aliphatic rings. The number of hydrogen-bond donors (Lipinski definition) is 2. The molecule has 0 bridgehead atoms. The highest BCUT2D eigenvalue weighted by Crippen LogP contribution is 2.48. The highest BCUT2D eigenvalue weighted by Gasteiger charge is 2.37. The minimum atomic E-state index is -1.50. The molecule has 6 aromatic carbocycles. The molecule has 0 saturated heterocycles. The van der Waals surface area contributed by atoms with Crippen LogP contribution in [-0.2, 0) is 10.3 Å². The third kappa shape index (κ3) is 5.02. The van der Waals surface area contributed by atoms with Gasteiger partial charge in [-0.3, -0.25) is 5.32 Å². The summed E-state index contributed by atoms with van der Waals surface area (Å²) in [5.41, 5.74) is 2.30. The zero-order valence-corrected chi connectivity index (χ0v) is 24.0. The summed E-state index contributed by atoms with van der Waals surface area (Å²) in [5, 5.41) is 20.0. The lowest BCUT2D eigenvalue weighted by Gasteiger charge is -2.33. The van der Waals surface area contributed by atoms with Crippen LogP contribution in [0.3, 0.4) is 0 Å². The van der Waals surface area contributed by atoms with Crippen LogP contribution in [0.25, 0.3) is 32.7 Å². The van der Waals surface area contributed by atoms with Crippen LogP contribution in [0, 0.1) is 0 Å². The van der Waals surface area contributed by atoms with Crippen molar-refractivity contribution in [2.75, 3.05) is 5.32 Å². The number of ether oxygens (including phenoxy) is 1. The number of carbonyl (C=O) groups is 1. The molecule has 4 nitrogen and oxygen atoms in total. The maximum Gasteiger partial charge on any atom is 0.412 e. The van der Waals surface area contributed by atoms with Crippen LogP contribution >= 0.6 is 0 Å². The summed E-state index contributed by atoms with van der Waals surface area (Å²) in [5.74, 6) is 0. The molecule has 0 saturated carbocycles. The van der Waals surface area contributed by atoms with Crippen LogP contribution in [0.5, 0.6) is 0 Å². The molecule has 42 heavy (non-hydrogen) atoms. The second-order valence-electron chi connectivity index (χ2n) is 11.5. The fourth-order valence-electron chi connectivity index (χ4n) is 5.74. The normalized spacial score (nSPS) is 11.9. The first kappa shape index (κ1) is 27.3. The first-order chi connectivity index (χ1) is 20.3. The second-order valence-corrected chi connectivity index (χ2v) is 11.5. The number of amides is 1. The third-order valence-corrected chi connectivity index (χ3v) is 7.52. The number of rotatable bonds is 5. The molecular weight excluding hydrogens is 518 g/mol. The Morgan fingerprint density at radius 3 is 1.62 bits per heavy atom. The van der Waals surface area contributed by atoms with Crippen LogP contribution in [-0.4, -0.2) is 16.8 Å². The molecule has 0 unspecified atom stereocenters. The molecule has 0 fully saturated rings. The van der Waals surface area contributed by atoms with Gasteiger partial charge in [0, 0.05) is 11.1 Å². The average molecular weight is 552 g/mol. The van der Waals surface area contributed by atoms with Gasteiger partial charge in [0.2, 0.25) is 0 Å². The van der Waals surface area contributed by atoms with E-state index in [0.29, 0.717) is 11.3 Å². The quantitative estimate of drug-likeness (QED) is 0.210. The fraction of sp³-hybridized carbons (Fsp3) is 0.132. The van der Waals surface area contributed by atoms with Crippen molar-refractivity contribution < 1.29 is 14.6 Å². The summed E-state index contributed by atoms with van der Waals surface area (Å²) in [4.78, 5) is 13.2. The van der Waals surface area contributed by atoms with Gasteiger partial charge >= 0.3 is 6.09 Å². The van der Waals surface area contributed by atoms with Crippen LogP contribution in [0.1, 0.15) is 37.5 Å². The van der Waals surface area contributed by atoms with E-state index in [1.165, 1.54) is 0 Å². The lowest BCUT2D eigenvalue weighted by atomic mass is 9.75. The van der Waals surface area contributed by atoms with Gasteiger partial charge < -0.3 is 9.84 Å². The number of nitrogens with one attached hydrogen (secondary N) is 1. The maximum atomic E-state index is 13.2. The third-order valence-electron chi connectivity index (χ3n) is 7.52. The Labute approximate surface area is 246 Å². The van der Waals surface area contributed by atoms with E-state index in [0.717, 1.165) is 43.8 Å². The summed E-state index contributed by atoms with van der Waals surface area (Å²) >= 11 is 0. The van der Waals surface area contributed by atoms with E-state index in [2.05, 4.69) is 35.6 Å². The molecule has 0 heterocycles. The minimum absolute atomic E-state index is 0.540. The van der Waals surface area contributed by atoms with E-state index < -0.39 is 17.3 Å². The Morgan fingerprint density at radius 2 is 1.07 bits per heavy atom. The van der Waals surface area contributed by atoms with Crippen molar-refractivity contribution in [1.82, 2.24) is 0 Å². The predicted molar refractivity (Wildman–Crippen MR) is 172 cm³/mol. The van der Waals surface area contributed by atoms with Gasteiger partial charge in [0.25, 0.3) is 0 Å². The van der Waals surface area contributed by atoms with E-state index in [4.69, 9.17) is 4.74 Å². The number of carbonyl (C=O) groups excluding carboxylic acids is 1. The second kappa shape index (κ2) is 10.8. The van der Waals surface area contributed by atoms with Gasteiger partial charge in [-0.25, -0.2) is 4.79 Å². The summed E-state index contributed by atoms with van der Waals surface area (Å²) in [6.45, 7) is 5.53. The van der Waals surface area contributed by atoms with E-state index in [1.54, 1.807) is 0 Å². The maximum absolute atomic E-state index is 13.2. The molecule has 0 aromatic heterocycles. The van der Waals surface area contributed by atoms with Crippen molar-refractivity contribution >= 4 is 33.3 Å². The number of fused-ring (bicyclic) bond motifs is 2. The molecule has 208 valence electrons. The summed E-state index contributed by atoms with van der Waals surface area (Å²) < 4.78 is 5.67. The smallest absolute Gasteiger partial charge is 0.412 e. The summed E-state index contributed by atoms with van der Waals surface area (Å²) in [6, 6.07) is 43.7. The molecule has 2 N–H and O–H groups in total. The van der Waals surface area contributed by atoms with Crippen LogP contribution < -0.4 is 5.32 Å². The Hall–Kier alpha value is -4.93. The first-order valence-corrected chi connectivity index (χ1v) is 14.1.